The van der Waals surface area contributed by atoms with Gasteiger partial charge in [0.05, 0.1) is 0 Å². The molecule has 0 saturated carbocycles. The molecule has 17 heavy (non-hydrogen) atoms. The van der Waals surface area contributed by atoms with Gasteiger partial charge in [0.2, 0.25) is 6.79 Å². The van der Waals surface area contributed by atoms with Crippen molar-refractivity contribution in [2.24, 2.45) is 5.73 Å². The molecule has 2 N–H and O–H groups in total. The zero-order valence-electron chi connectivity index (χ0n) is 10.0. The Morgan fingerprint density at radius 2 is 2.00 bits per heavy atom. The van der Waals surface area contributed by atoms with Gasteiger partial charge in [-0.05, 0) is 18.1 Å². The molecule has 1 aliphatic heterocycles. The van der Waals surface area contributed by atoms with Crippen molar-refractivity contribution >= 4 is 11.6 Å². The normalized spacial score (nSPS) is 15.0. The number of benzene rings is 1. The van der Waals surface area contributed by atoms with E-state index in [0.29, 0.717) is 10.8 Å². The number of halogens is 1. The van der Waals surface area contributed by atoms with Gasteiger partial charge in [0, 0.05) is 17.1 Å². The Bertz CT molecular complexity index is 395. The minimum Gasteiger partial charge on any atom is -0.454 e. The third kappa shape index (κ3) is 2.85. The fourth-order valence-electron chi connectivity index (χ4n) is 1.99. The molecule has 0 amide bonds. The van der Waals surface area contributed by atoms with Gasteiger partial charge in [-0.15, -0.1) is 0 Å². The summed E-state index contributed by atoms with van der Waals surface area (Å²) >= 11 is 6.20. The minimum absolute atomic E-state index is 0.0245. The van der Waals surface area contributed by atoms with E-state index in [9.17, 15) is 0 Å². The second-order valence-corrected chi connectivity index (χ2v) is 4.74. The maximum Gasteiger partial charge on any atom is 0.231 e. The van der Waals surface area contributed by atoms with Crippen LogP contribution in [0.2, 0.25) is 5.02 Å². The van der Waals surface area contributed by atoms with Crippen LogP contribution in [0.1, 0.15) is 44.2 Å². The van der Waals surface area contributed by atoms with Gasteiger partial charge in [0.1, 0.15) is 0 Å². The Kier molecular flexibility index (Phi) is 4.13. The van der Waals surface area contributed by atoms with Crippen LogP contribution in [-0.4, -0.2) is 6.79 Å². The quantitative estimate of drug-likeness (QED) is 0.817. The summed E-state index contributed by atoms with van der Waals surface area (Å²) in [4.78, 5) is 0. The summed E-state index contributed by atoms with van der Waals surface area (Å²) in [6.07, 6.45) is 4.48. The van der Waals surface area contributed by atoms with Crippen molar-refractivity contribution in [2.45, 2.75) is 38.6 Å². The fourth-order valence-corrected chi connectivity index (χ4v) is 2.28. The summed E-state index contributed by atoms with van der Waals surface area (Å²) in [5.74, 6) is 1.45. The molecule has 2 rings (SSSR count). The highest BCUT2D eigenvalue weighted by molar-refractivity contribution is 6.31. The van der Waals surface area contributed by atoms with E-state index in [4.69, 9.17) is 26.8 Å². The van der Waals surface area contributed by atoms with E-state index in [1.54, 1.807) is 6.07 Å². The van der Waals surface area contributed by atoms with Crippen LogP contribution in [0.4, 0.5) is 0 Å². The summed E-state index contributed by atoms with van der Waals surface area (Å²) in [6.45, 7) is 2.44. The molecule has 0 aromatic heterocycles. The molecule has 3 nitrogen and oxygen atoms in total. The minimum atomic E-state index is -0.0245. The number of rotatable bonds is 5. The highest BCUT2D eigenvalue weighted by Gasteiger charge is 2.19. The molecule has 0 fully saturated rings. The maximum atomic E-state index is 6.20. The van der Waals surface area contributed by atoms with E-state index in [0.717, 1.165) is 24.2 Å². The average Bonchev–Trinajstić information content (AvgIpc) is 2.75. The largest absolute Gasteiger partial charge is 0.454 e. The van der Waals surface area contributed by atoms with E-state index >= 15 is 0 Å². The predicted octanol–water partition coefficient (Wildman–Crippen LogP) is 3.65. The Labute approximate surface area is 107 Å². The molecule has 1 aromatic rings. The standard InChI is InChI=1S/C13H18ClNO2/c1-2-3-4-5-11(15)9-6-12-13(7-10(9)14)17-8-16-12/h6-7,11H,2-5,8,15H2,1H3/t11-/m1/s1. The summed E-state index contributed by atoms with van der Waals surface area (Å²) in [5, 5.41) is 0.665. The molecule has 0 saturated heterocycles. The summed E-state index contributed by atoms with van der Waals surface area (Å²) < 4.78 is 10.6. The topological polar surface area (TPSA) is 44.5 Å². The second-order valence-electron chi connectivity index (χ2n) is 4.33. The first-order valence-electron chi connectivity index (χ1n) is 6.07. The molecule has 0 bridgehead atoms. The Balaban J connectivity index is 2.09. The van der Waals surface area contributed by atoms with Crippen LogP contribution in [0.3, 0.4) is 0 Å². The van der Waals surface area contributed by atoms with Gasteiger partial charge in [-0.3, -0.25) is 0 Å². The van der Waals surface area contributed by atoms with Crippen molar-refractivity contribution in [1.82, 2.24) is 0 Å². The van der Waals surface area contributed by atoms with Gasteiger partial charge in [0.15, 0.2) is 11.5 Å². The third-order valence-corrected chi connectivity index (χ3v) is 3.34. The molecule has 0 aliphatic carbocycles. The summed E-state index contributed by atoms with van der Waals surface area (Å²) in [5.41, 5.74) is 7.10. The molecule has 0 radical (unpaired) electrons. The lowest BCUT2D eigenvalue weighted by atomic mass is 10.0. The first kappa shape index (κ1) is 12.5. The van der Waals surface area contributed by atoms with Gasteiger partial charge >= 0.3 is 0 Å². The first-order chi connectivity index (χ1) is 8.22. The fraction of sp³-hybridized carbons (Fsp3) is 0.538. The van der Waals surface area contributed by atoms with Crippen molar-refractivity contribution in [1.29, 1.82) is 0 Å². The van der Waals surface area contributed by atoms with Crippen LogP contribution in [0.15, 0.2) is 12.1 Å². The van der Waals surface area contributed by atoms with Gasteiger partial charge in [0.25, 0.3) is 0 Å². The smallest absolute Gasteiger partial charge is 0.231 e. The average molecular weight is 256 g/mol. The van der Waals surface area contributed by atoms with Crippen LogP contribution in [0.25, 0.3) is 0 Å². The molecule has 1 aliphatic rings. The Morgan fingerprint density at radius 3 is 2.71 bits per heavy atom. The van der Waals surface area contributed by atoms with Crippen LogP contribution in [0, 0.1) is 0 Å². The van der Waals surface area contributed by atoms with Crippen molar-refractivity contribution in [2.75, 3.05) is 6.79 Å². The zero-order chi connectivity index (χ0) is 12.3. The van der Waals surface area contributed by atoms with E-state index in [1.165, 1.54) is 12.8 Å². The second kappa shape index (κ2) is 5.61. The summed E-state index contributed by atoms with van der Waals surface area (Å²) in [7, 11) is 0. The molecular weight excluding hydrogens is 238 g/mol. The van der Waals surface area contributed by atoms with Gasteiger partial charge in [-0.1, -0.05) is 37.8 Å². The van der Waals surface area contributed by atoms with Crippen LogP contribution in [0.5, 0.6) is 11.5 Å². The maximum absolute atomic E-state index is 6.20. The number of hydrogen-bond donors (Lipinski definition) is 1. The van der Waals surface area contributed by atoms with Crippen LogP contribution < -0.4 is 15.2 Å². The van der Waals surface area contributed by atoms with Crippen LogP contribution in [-0.2, 0) is 0 Å². The van der Waals surface area contributed by atoms with E-state index < -0.39 is 0 Å². The lowest BCUT2D eigenvalue weighted by molar-refractivity contribution is 0.174. The molecule has 1 atom stereocenters. The van der Waals surface area contributed by atoms with Crippen molar-refractivity contribution < 1.29 is 9.47 Å². The number of ether oxygens (including phenoxy) is 2. The molecule has 94 valence electrons. The first-order valence-corrected chi connectivity index (χ1v) is 6.44. The predicted molar refractivity (Wildman–Crippen MR) is 68.6 cm³/mol. The van der Waals surface area contributed by atoms with Crippen molar-refractivity contribution in [3.05, 3.63) is 22.7 Å². The van der Waals surface area contributed by atoms with Crippen LogP contribution >= 0.6 is 11.6 Å². The van der Waals surface area contributed by atoms with Crippen molar-refractivity contribution in [3.8, 4) is 11.5 Å². The molecule has 1 heterocycles. The Hall–Kier alpha value is -0.930. The SMILES string of the molecule is CCCCC[C@@H](N)c1cc2c(cc1Cl)OCO2. The number of nitrogens with two attached hydrogens (primary N) is 1. The molecular formula is C13H18ClNO2. The molecule has 1 aromatic carbocycles. The van der Waals surface area contributed by atoms with Gasteiger partial charge < -0.3 is 15.2 Å². The van der Waals surface area contributed by atoms with E-state index in [2.05, 4.69) is 6.92 Å². The highest BCUT2D eigenvalue weighted by atomic mass is 35.5. The summed E-state index contributed by atoms with van der Waals surface area (Å²) in [6, 6.07) is 3.67. The number of unbranched alkanes of at least 4 members (excludes halogenated alkanes) is 2. The highest BCUT2D eigenvalue weighted by Crippen LogP contribution is 2.39. The van der Waals surface area contributed by atoms with Crippen molar-refractivity contribution in [3.63, 3.8) is 0 Å². The molecule has 0 spiro atoms. The van der Waals surface area contributed by atoms with Gasteiger partial charge in [-0.2, -0.15) is 0 Å². The number of fused-ring (bicyclic) bond motifs is 1. The Morgan fingerprint density at radius 1 is 1.29 bits per heavy atom. The lowest BCUT2D eigenvalue weighted by Crippen LogP contribution is -2.10. The molecule has 4 heteroatoms. The van der Waals surface area contributed by atoms with E-state index in [1.807, 2.05) is 6.07 Å². The zero-order valence-corrected chi connectivity index (χ0v) is 10.8. The van der Waals surface area contributed by atoms with Gasteiger partial charge in [-0.25, -0.2) is 0 Å². The van der Waals surface area contributed by atoms with E-state index in [-0.39, 0.29) is 12.8 Å². The number of hydrogen-bond acceptors (Lipinski definition) is 3. The lowest BCUT2D eigenvalue weighted by Gasteiger charge is -2.14. The molecule has 0 unspecified atom stereocenters. The monoisotopic (exact) mass is 255 g/mol. The third-order valence-electron chi connectivity index (χ3n) is 3.01.